The number of nitrogen functional groups attached to an aromatic ring is 1. The Bertz CT molecular complexity index is 1520. The lowest BCUT2D eigenvalue weighted by Gasteiger charge is -2.54. The van der Waals surface area contributed by atoms with E-state index in [0.29, 0.717) is 42.7 Å². The molecule has 7 heterocycles. The number of nitrogens with two attached hydrogens (primary N) is 1. The molecular formula is C31H39FN8O2S. The number of ether oxygens (including phenoxy) is 1. The summed E-state index contributed by atoms with van der Waals surface area (Å²) in [7, 11) is 0. The van der Waals surface area contributed by atoms with E-state index in [2.05, 4.69) is 26.8 Å². The van der Waals surface area contributed by atoms with Gasteiger partial charge in [-0.2, -0.15) is 15.2 Å². The molecule has 5 aliphatic heterocycles. The summed E-state index contributed by atoms with van der Waals surface area (Å²) in [6.07, 6.45) is 6.71. The summed E-state index contributed by atoms with van der Waals surface area (Å²) in [6, 6.07) is 4.80. The Morgan fingerprint density at radius 3 is 2.72 bits per heavy atom. The second kappa shape index (κ2) is 9.66. The molecule has 10 nitrogen and oxygen atoms in total. The van der Waals surface area contributed by atoms with E-state index in [-0.39, 0.29) is 22.4 Å². The third-order valence-electron chi connectivity index (χ3n) is 11.4. The number of hydrogen-bond acceptors (Lipinski definition) is 10. The molecule has 1 aliphatic carbocycles. The van der Waals surface area contributed by atoms with E-state index in [1.165, 1.54) is 4.88 Å². The van der Waals surface area contributed by atoms with Gasteiger partial charge in [0.15, 0.2) is 0 Å². The number of likely N-dealkylation sites (tertiary alicyclic amines) is 1. The van der Waals surface area contributed by atoms with E-state index in [0.717, 1.165) is 94.9 Å². The molecule has 0 radical (unpaired) electrons. The van der Waals surface area contributed by atoms with Gasteiger partial charge in [0, 0.05) is 69.0 Å². The number of carbonyl (C=O) groups is 1. The summed E-state index contributed by atoms with van der Waals surface area (Å²) >= 11 is 1.57. The van der Waals surface area contributed by atoms with Crippen LogP contribution in [-0.4, -0.2) is 95.3 Å². The number of rotatable bonds is 5. The summed E-state index contributed by atoms with van der Waals surface area (Å²) in [6.45, 7) is 7.29. The number of amides is 1. The fourth-order valence-electron chi connectivity index (χ4n) is 9.08. The minimum Gasteiger partial charge on any atom is -0.461 e. The zero-order valence-electron chi connectivity index (χ0n) is 24.8. The Labute approximate surface area is 255 Å². The van der Waals surface area contributed by atoms with Crippen LogP contribution in [-0.2, 0) is 16.6 Å². The van der Waals surface area contributed by atoms with Gasteiger partial charge in [-0.1, -0.05) is 0 Å². The number of halogens is 1. The Morgan fingerprint density at radius 2 is 1.98 bits per heavy atom. The molecule has 2 aromatic heterocycles. The van der Waals surface area contributed by atoms with Crippen molar-refractivity contribution in [1.82, 2.24) is 19.8 Å². The van der Waals surface area contributed by atoms with Gasteiger partial charge in [0.05, 0.1) is 16.6 Å². The first-order chi connectivity index (χ1) is 20.7. The van der Waals surface area contributed by atoms with Gasteiger partial charge in [-0.25, -0.2) is 4.39 Å². The summed E-state index contributed by atoms with van der Waals surface area (Å²) in [5.74, 6) is 1.76. The number of anilines is 3. The lowest BCUT2D eigenvalue weighted by molar-refractivity contribution is -0.128. The molecule has 2 spiro atoms. The molecule has 2 aromatic rings. The van der Waals surface area contributed by atoms with E-state index in [1.54, 1.807) is 18.3 Å². The second-order valence-corrected chi connectivity index (χ2v) is 14.9. The number of alkyl halides is 1. The normalized spacial score (nSPS) is 30.7. The highest BCUT2D eigenvalue weighted by atomic mass is 32.1. The first-order valence-corrected chi connectivity index (χ1v) is 16.6. The van der Waals surface area contributed by atoms with Crippen molar-refractivity contribution in [2.45, 2.75) is 81.0 Å². The van der Waals surface area contributed by atoms with Crippen LogP contribution in [0, 0.1) is 11.3 Å². The summed E-state index contributed by atoms with van der Waals surface area (Å²) < 4.78 is 20.9. The SMILES string of the molecule is CC(=O)N1CCC2(CCN2c2cc(N3CC4(CCCc5sc(N)c(C#N)c54)C3)nc(OC[C@@]34CCCN3C[C@H](F)C4)n2)C1. The molecule has 5 fully saturated rings. The third kappa shape index (κ3) is 4.14. The molecule has 3 atom stereocenters. The topological polar surface area (TPSA) is 115 Å². The van der Waals surface area contributed by atoms with Gasteiger partial charge < -0.3 is 25.2 Å². The predicted octanol–water partition coefficient (Wildman–Crippen LogP) is 3.24. The second-order valence-electron chi connectivity index (χ2n) is 13.8. The fourth-order valence-corrected chi connectivity index (χ4v) is 10.3. The molecule has 2 N–H and O–H groups in total. The highest BCUT2D eigenvalue weighted by molar-refractivity contribution is 7.16. The molecule has 228 valence electrons. The molecule has 43 heavy (non-hydrogen) atoms. The van der Waals surface area contributed by atoms with Crippen molar-refractivity contribution in [3.05, 3.63) is 22.1 Å². The zero-order valence-corrected chi connectivity index (χ0v) is 25.6. The number of aryl methyl sites for hydroxylation is 1. The van der Waals surface area contributed by atoms with E-state index in [4.69, 9.17) is 20.4 Å². The molecule has 0 bridgehead atoms. The zero-order chi connectivity index (χ0) is 29.6. The first-order valence-electron chi connectivity index (χ1n) is 15.7. The highest BCUT2D eigenvalue weighted by Gasteiger charge is 2.53. The van der Waals surface area contributed by atoms with E-state index >= 15 is 0 Å². The quantitative estimate of drug-likeness (QED) is 0.548. The van der Waals surface area contributed by atoms with Crippen molar-refractivity contribution in [1.29, 1.82) is 5.26 Å². The molecule has 6 aliphatic rings. The maximum atomic E-state index is 14.5. The number of nitriles is 1. The van der Waals surface area contributed by atoms with Crippen LogP contribution in [0.2, 0.25) is 0 Å². The number of nitrogens with zero attached hydrogens (tertiary/aromatic N) is 7. The van der Waals surface area contributed by atoms with Crippen molar-refractivity contribution in [2.24, 2.45) is 0 Å². The molecule has 12 heteroatoms. The van der Waals surface area contributed by atoms with Gasteiger partial charge in [0.1, 0.15) is 35.5 Å². The van der Waals surface area contributed by atoms with Gasteiger partial charge in [0.2, 0.25) is 5.91 Å². The van der Waals surface area contributed by atoms with Crippen molar-refractivity contribution >= 4 is 33.9 Å². The number of carbonyl (C=O) groups excluding carboxylic acids is 1. The average molecular weight is 607 g/mol. The lowest BCUT2D eigenvalue weighted by atomic mass is 9.66. The molecule has 8 rings (SSSR count). The van der Waals surface area contributed by atoms with Crippen LogP contribution in [0.5, 0.6) is 6.01 Å². The Hall–Kier alpha value is -3.17. The molecular weight excluding hydrogens is 567 g/mol. The maximum absolute atomic E-state index is 14.5. The Balaban J connectivity index is 1.10. The molecule has 0 aromatic carbocycles. The van der Waals surface area contributed by atoms with Crippen LogP contribution in [0.3, 0.4) is 0 Å². The van der Waals surface area contributed by atoms with Gasteiger partial charge in [-0.3, -0.25) is 9.69 Å². The Kier molecular flexibility index (Phi) is 6.15. The van der Waals surface area contributed by atoms with Gasteiger partial charge in [-0.05, 0) is 57.1 Å². The summed E-state index contributed by atoms with van der Waals surface area (Å²) in [4.78, 5) is 32.1. The number of fused-ring (bicyclic) bond motifs is 3. The van der Waals surface area contributed by atoms with E-state index in [1.807, 2.05) is 4.90 Å². The predicted molar refractivity (Wildman–Crippen MR) is 162 cm³/mol. The maximum Gasteiger partial charge on any atom is 0.320 e. The van der Waals surface area contributed by atoms with Crippen molar-refractivity contribution in [2.75, 3.05) is 68.0 Å². The van der Waals surface area contributed by atoms with Crippen molar-refractivity contribution in [3.63, 3.8) is 0 Å². The van der Waals surface area contributed by atoms with Crippen molar-refractivity contribution < 1.29 is 13.9 Å². The van der Waals surface area contributed by atoms with Gasteiger partial charge >= 0.3 is 6.01 Å². The smallest absolute Gasteiger partial charge is 0.320 e. The first kappa shape index (κ1) is 27.4. The number of hydrogen-bond donors (Lipinski definition) is 1. The molecule has 0 saturated carbocycles. The standard InChI is InChI=1S/C31H39FN8O2S/c1-20(41)37-10-7-30(18-37)8-11-40(30)25-12-24(35-28(36-25)42-19-31-6-3-9-39(31)15-21(32)13-31)38-16-29(17-38)5-2-4-23-26(29)22(14-33)27(34)43-23/h12,21H,2-11,13,15-19,34H2,1H3/t21-,30?,31+/m1/s1. The fraction of sp³-hybridized carbons (Fsp3) is 0.677. The van der Waals surface area contributed by atoms with Crippen LogP contribution in [0.25, 0.3) is 0 Å². The van der Waals surface area contributed by atoms with E-state index in [9.17, 15) is 14.4 Å². The molecule has 1 unspecified atom stereocenters. The summed E-state index contributed by atoms with van der Waals surface area (Å²) in [5.41, 5.74) is 7.62. The van der Waals surface area contributed by atoms with Gasteiger partial charge in [0.25, 0.3) is 0 Å². The minimum atomic E-state index is -0.818. The van der Waals surface area contributed by atoms with E-state index < -0.39 is 6.17 Å². The minimum absolute atomic E-state index is 0.0897. The third-order valence-corrected chi connectivity index (χ3v) is 12.4. The number of aromatic nitrogens is 2. The largest absolute Gasteiger partial charge is 0.461 e. The highest BCUT2D eigenvalue weighted by Crippen LogP contribution is 2.51. The van der Waals surface area contributed by atoms with Crippen LogP contribution >= 0.6 is 11.3 Å². The van der Waals surface area contributed by atoms with Crippen LogP contribution < -0.4 is 20.3 Å². The van der Waals surface area contributed by atoms with Crippen molar-refractivity contribution in [3.8, 4) is 12.1 Å². The molecule has 1 amide bonds. The summed E-state index contributed by atoms with van der Waals surface area (Å²) in [5, 5.41) is 10.6. The van der Waals surface area contributed by atoms with Crippen LogP contribution in [0.4, 0.5) is 21.0 Å². The lowest BCUT2D eigenvalue weighted by Crippen LogP contribution is -2.62. The molecule has 5 saturated heterocycles. The number of thiophene rings is 1. The van der Waals surface area contributed by atoms with Crippen LogP contribution in [0.1, 0.15) is 67.9 Å². The Morgan fingerprint density at radius 1 is 1.16 bits per heavy atom. The van der Waals surface area contributed by atoms with Gasteiger partial charge in [-0.15, -0.1) is 11.3 Å². The monoisotopic (exact) mass is 606 g/mol. The van der Waals surface area contributed by atoms with Crippen LogP contribution in [0.15, 0.2) is 6.07 Å². The average Bonchev–Trinajstić information content (AvgIpc) is 3.70.